The van der Waals surface area contributed by atoms with E-state index < -0.39 is 10.8 Å². The normalized spacial score (nSPS) is 20.8. The number of rotatable bonds is 3. The van der Waals surface area contributed by atoms with E-state index in [0.29, 0.717) is 19.4 Å². The van der Waals surface area contributed by atoms with Crippen LogP contribution in [0.25, 0.3) is 0 Å². The maximum Gasteiger partial charge on any atom is 0.300 e. The molecule has 0 aliphatic carbocycles. The van der Waals surface area contributed by atoms with E-state index in [1.54, 1.807) is 0 Å². The molecule has 3 N–H and O–H groups in total. The molecule has 2 heterocycles. The molecule has 1 aliphatic heterocycles. The van der Waals surface area contributed by atoms with Crippen LogP contribution in [-0.4, -0.2) is 34.1 Å². The van der Waals surface area contributed by atoms with Crippen LogP contribution in [0.2, 0.25) is 0 Å². The molecule has 1 aromatic heterocycles. The van der Waals surface area contributed by atoms with Gasteiger partial charge in [0.1, 0.15) is 17.6 Å². The summed E-state index contributed by atoms with van der Waals surface area (Å²) in [5.41, 5.74) is 4.76. The van der Waals surface area contributed by atoms with Crippen LogP contribution < -0.4 is 11.1 Å². The van der Waals surface area contributed by atoms with Gasteiger partial charge >= 0.3 is 0 Å². The fourth-order valence-electron chi connectivity index (χ4n) is 2.41. The first-order valence-electron chi connectivity index (χ1n) is 6.63. The van der Waals surface area contributed by atoms with E-state index in [1.807, 2.05) is 13.8 Å². The number of nitro groups is 1. The van der Waals surface area contributed by atoms with Gasteiger partial charge in [-0.3, -0.25) is 14.9 Å². The van der Waals surface area contributed by atoms with Gasteiger partial charge in [-0.15, -0.1) is 0 Å². The molecule has 0 saturated carbocycles. The van der Waals surface area contributed by atoms with Crippen molar-refractivity contribution in [1.82, 2.24) is 10.3 Å². The first-order chi connectivity index (χ1) is 9.78. The van der Waals surface area contributed by atoms with E-state index in [9.17, 15) is 14.9 Å². The Balaban J connectivity index is 2.17. The monoisotopic (exact) mass is 294 g/mol. The molecule has 0 bridgehead atoms. The number of nitrogens with zero attached hydrogens (tertiary/aromatic N) is 2. The van der Waals surface area contributed by atoms with Gasteiger partial charge in [0.05, 0.1) is 10.5 Å². The summed E-state index contributed by atoms with van der Waals surface area (Å²) in [5, 5.41) is 13.8. The third-order valence-corrected chi connectivity index (χ3v) is 3.38. The molecule has 1 fully saturated rings. The number of amides is 1. The first-order valence-corrected chi connectivity index (χ1v) is 6.63. The second-order valence-electron chi connectivity index (χ2n) is 5.65. The van der Waals surface area contributed by atoms with Crippen molar-refractivity contribution < 1.29 is 14.5 Å². The van der Waals surface area contributed by atoms with Gasteiger partial charge in [-0.05, 0) is 32.8 Å². The smallest absolute Gasteiger partial charge is 0.300 e. The van der Waals surface area contributed by atoms with Gasteiger partial charge < -0.3 is 15.8 Å². The van der Waals surface area contributed by atoms with Crippen molar-refractivity contribution in [2.75, 3.05) is 12.3 Å². The molecule has 0 aromatic carbocycles. The minimum Gasteiger partial charge on any atom is -0.384 e. The second-order valence-corrected chi connectivity index (χ2v) is 5.65. The Morgan fingerprint density at radius 3 is 2.95 bits per heavy atom. The number of aromatic nitrogens is 1. The number of pyridine rings is 1. The standard InChI is InChI=1S/C13H18N4O4/c1-13(2)6-8(3-4-21-13)16-12(18)9-5-11(14)15-7-10(9)17(19)20/h5,7-8H,3-4,6H2,1-2H3,(H2,14,15)(H,16,18). The predicted molar refractivity (Wildman–Crippen MR) is 75.8 cm³/mol. The number of hydrogen-bond donors (Lipinski definition) is 2. The van der Waals surface area contributed by atoms with Gasteiger partial charge in [-0.25, -0.2) is 4.98 Å². The number of anilines is 1. The minimum absolute atomic E-state index is 0.0676. The number of carbonyl (C=O) groups is 1. The van der Waals surface area contributed by atoms with E-state index in [4.69, 9.17) is 10.5 Å². The van der Waals surface area contributed by atoms with Crippen LogP contribution in [0.3, 0.4) is 0 Å². The molecule has 21 heavy (non-hydrogen) atoms. The summed E-state index contributed by atoms with van der Waals surface area (Å²) >= 11 is 0. The van der Waals surface area contributed by atoms with Gasteiger partial charge in [0.25, 0.3) is 11.6 Å². The first kappa shape index (κ1) is 15.2. The number of hydrogen-bond acceptors (Lipinski definition) is 6. The summed E-state index contributed by atoms with van der Waals surface area (Å²) in [7, 11) is 0. The molecule has 1 aromatic rings. The summed E-state index contributed by atoms with van der Waals surface area (Å²) in [4.78, 5) is 26.2. The van der Waals surface area contributed by atoms with E-state index in [-0.39, 0.29) is 28.7 Å². The number of nitrogen functional groups attached to an aromatic ring is 1. The SMILES string of the molecule is CC1(C)CC(NC(=O)c2cc(N)ncc2[N+](=O)[O-])CCO1. The van der Waals surface area contributed by atoms with Crippen LogP contribution in [0.5, 0.6) is 0 Å². The van der Waals surface area contributed by atoms with Crippen molar-refractivity contribution in [3.8, 4) is 0 Å². The van der Waals surface area contributed by atoms with Crippen molar-refractivity contribution in [3.05, 3.63) is 27.9 Å². The largest absolute Gasteiger partial charge is 0.384 e. The maximum absolute atomic E-state index is 12.3. The van der Waals surface area contributed by atoms with Crippen LogP contribution in [0.1, 0.15) is 37.0 Å². The van der Waals surface area contributed by atoms with Crippen molar-refractivity contribution in [2.45, 2.75) is 38.3 Å². The number of ether oxygens (including phenoxy) is 1. The van der Waals surface area contributed by atoms with Gasteiger partial charge in [-0.1, -0.05) is 0 Å². The number of carbonyl (C=O) groups excluding carboxylic acids is 1. The lowest BCUT2D eigenvalue weighted by Gasteiger charge is -2.35. The molecule has 8 nitrogen and oxygen atoms in total. The van der Waals surface area contributed by atoms with Crippen molar-refractivity contribution in [1.29, 1.82) is 0 Å². The number of nitrogens with one attached hydrogen (secondary N) is 1. The summed E-state index contributed by atoms with van der Waals surface area (Å²) in [6, 6.07) is 1.13. The molecule has 8 heteroatoms. The zero-order valence-corrected chi connectivity index (χ0v) is 12.0. The molecule has 1 atom stereocenters. The Labute approximate surface area is 121 Å². The summed E-state index contributed by atoms with van der Waals surface area (Å²) in [5.74, 6) is -0.448. The van der Waals surface area contributed by atoms with Crippen LogP contribution >= 0.6 is 0 Å². The van der Waals surface area contributed by atoms with E-state index in [0.717, 1.165) is 6.20 Å². The number of nitrogens with two attached hydrogens (primary N) is 1. The van der Waals surface area contributed by atoms with Gasteiger partial charge in [0.15, 0.2) is 0 Å². The Kier molecular flexibility index (Phi) is 4.08. The minimum atomic E-state index is -0.644. The average Bonchev–Trinajstić information content (AvgIpc) is 2.36. The highest BCUT2D eigenvalue weighted by Gasteiger charge is 2.31. The van der Waals surface area contributed by atoms with E-state index in [1.165, 1.54) is 6.07 Å². The van der Waals surface area contributed by atoms with Crippen molar-refractivity contribution in [3.63, 3.8) is 0 Å². The summed E-state index contributed by atoms with van der Waals surface area (Å²) in [6.07, 6.45) is 2.31. The Hall–Kier alpha value is -2.22. The summed E-state index contributed by atoms with van der Waals surface area (Å²) < 4.78 is 5.57. The van der Waals surface area contributed by atoms with Crippen molar-refractivity contribution >= 4 is 17.4 Å². The van der Waals surface area contributed by atoms with Crippen LogP contribution in [0, 0.1) is 10.1 Å². The fourth-order valence-corrected chi connectivity index (χ4v) is 2.41. The Morgan fingerprint density at radius 1 is 1.62 bits per heavy atom. The predicted octanol–water partition coefficient (Wildman–Crippen LogP) is 1.26. The maximum atomic E-state index is 12.3. The van der Waals surface area contributed by atoms with Gasteiger partial charge in [-0.2, -0.15) is 0 Å². The van der Waals surface area contributed by atoms with Crippen molar-refractivity contribution in [2.24, 2.45) is 0 Å². The average molecular weight is 294 g/mol. The molecule has 1 unspecified atom stereocenters. The molecule has 1 aliphatic rings. The van der Waals surface area contributed by atoms with Crippen LogP contribution in [0.15, 0.2) is 12.3 Å². The molecule has 1 saturated heterocycles. The molecule has 1 amide bonds. The lowest BCUT2D eigenvalue weighted by molar-refractivity contribution is -0.385. The topological polar surface area (TPSA) is 120 Å². The molecule has 114 valence electrons. The second kappa shape index (κ2) is 5.65. The molecule has 0 spiro atoms. The van der Waals surface area contributed by atoms with Crippen LogP contribution in [-0.2, 0) is 4.74 Å². The lowest BCUT2D eigenvalue weighted by atomic mass is 9.93. The molecular weight excluding hydrogens is 276 g/mol. The highest BCUT2D eigenvalue weighted by Crippen LogP contribution is 2.25. The van der Waals surface area contributed by atoms with Gasteiger partial charge in [0, 0.05) is 12.6 Å². The molecule has 2 rings (SSSR count). The molecular formula is C13H18N4O4. The highest BCUT2D eigenvalue weighted by atomic mass is 16.6. The zero-order valence-electron chi connectivity index (χ0n) is 12.0. The van der Waals surface area contributed by atoms with Crippen LogP contribution in [0.4, 0.5) is 11.5 Å². The quantitative estimate of drug-likeness (QED) is 0.639. The Morgan fingerprint density at radius 2 is 2.33 bits per heavy atom. The van der Waals surface area contributed by atoms with Gasteiger partial charge in [0.2, 0.25) is 0 Å². The third-order valence-electron chi connectivity index (χ3n) is 3.38. The summed E-state index contributed by atoms with van der Waals surface area (Å²) in [6.45, 7) is 4.43. The lowest BCUT2D eigenvalue weighted by Crippen LogP contribution is -2.45. The van der Waals surface area contributed by atoms with E-state index in [2.05, 4.69) is 10.3 Å². The zero-order chi connectivity index (χ0) is 15.6. The Bertz CT molecular complexity index is 573. The highest BCUT2D eigenvalue weighted by molar-refractivity contribution is 5.98. The van der Waals surface area contributed by atoms with E-state index >= 15 is 0 Å². The third kappa shape index (κ3) is 3.66. The fraction of sp³-hybridized carbons (Fsp3) is 0.538. The molecule has 0 radical (unpaired) electrons.